The van der Waals surface area contributed by atoms with Crippen molar-refractivity contribution in [2.75, 3.05) is 6.54 Å². The Hall–Kier alpha value is -0.770. The number of rotatable bonds is 9. The molecule has 0 aliphatic heterocycles. The van der Waals surface area contributed by atoms with E-state index >= 15 is 0 Å². The number of Topliss-reactive ketones (excluding diaryl/α,β-unsaturated/α-hetero) is 1. The fourth-order valence-corrected chi connectivity index (χ4v) is 1.65. The highest BCUT2D eigenvalue weighted by Crippen LogP contribution is 2.08. The number of nitrogens with one attached hydrogen (secondary N) is 2. The number of hydrogen-bond donors (Lipinski definition) is 2. The van der Waals surface area contributed by atoms with E-state index in [1.54, 1.807) is 0 Å². The van der Waals surface area contributed by atoms with Crippen LogP contribution in [-0.2, 0) is 4.79 Å². The van der Waals surface area contributed by atoms with Crippen LogP contribution in [-0.4, -0.2) is 24.4 Å². The predicted octanol–water partition coefficient (Wildman–Crippen LogP) is 2.78. The average molecular weight is 227 g/mol. The van der Waals surface area contributed by atoms with Crippen LogP contribution >= 0.6 is 0 Å². The van der Waals surface area contributed by atoms with Gasteiger partial charge >= 0.3 is 0 Å². The molecule has 0 heterocycles. The van der Waals surface area contributed by atoms with Crippen molar-refractivity contribution >= 4 is 5.78 Å². The number of hydrogen-bond acceptors (Lipinski definition) is 4. The fraction of sp³-hybridized carbons (Fsp3) is 0.917. The molecule has 0 radical (unpaired) electrons. The Morgan fingerprint density at radius 1 is 1.25 bits per heavy atom. The molecule has 0 bridgehead atoms. The van der Waals surface area contributed by atoms with Gasteiger partial charge in [-0.3, -0.25) is 4.79 Å². The van der Waals surface area contributed by atoms with Gasteiger partial charge in [-0.2, -0.15) is 5.11 Å². The van der Waals surface area contributed by atoms with Crippen molar-refractivity contribution in [1.29, 1.82) is 5.53 Å². The first kappa shape index (κ1) is 15.2. The van der Waals surface area contributed by atoms with Gasteiger partial charge in [0.2, 0.25) is 0 Å². The SMILES string of the molecule is CC(C)N[C@@H](CCCCN=N)C(=O)C(C)C. The molecule has 2 N–H and O–H groups in total. The molecule has 0 saturated carbocycles. The zero-order chi connectivity index (χ0) is 12.6. The van der Waals surface area contributed by atoms with Gasteiger partial charge < -0.3 is 5.32 Å². The largest absolute Gasteiger partial charge is 0.305 e. The van der Waals surface area contributed by atoms with E-state index in [9.17, 15) is 4.79 Å². The van der Waals surface area contributed by atoms with E-state index in [4.69, 9.17) is 5.53 Å². The summed E-state index contributed by atoms with van der Waals surface area (Å²) in [4.78, 5) is 11.9. The molecule has 0 fully saturated rings. The molecule has 0 aromatic heterocycles. The van der Waals surface area contributed by atoms with Gasteiger partial charge in [0.25, 0.3) is 0 Å². The molecule has 0 aliphatic carbocycles. The van der Waals surface area contributed by atoms with Gasteiger partial charge in [0.1, 0.15) is 0 Å². The van der Waals surface area contributed by atoms with Crippen molar-refractivity contribution in [3.63, 3.8) is 0 Å². The molecular formula is C12H25N3O. The lowest BCUT2D eigenvalue weighted by atomic mass is 9.96. The Balaban J connectivity index is 4.10. The van der Waals surface area contributed by atoms with Crippen LogP contribution < -0.4 is 5.32 Å². The summed E-state index contributed by atoms with van der Waals surface area (Å²) in [6.45, 7) is 8.57. The molecule has 0 aromatic rings. The monoisotopic (exact) mass is 227 g/mol. The molecule has 0 rings (SSSR count). The number of carbonyl (C=O) groups excluding carboxylic acids is 1. The number of ketones is 1. The molecule has 4 nitrogen and oxygen atoms in total. The van der Waals surface area contributed by atoms with Gasteiger partial charge in [0.15, 0.2) is 5.78 Å². The molecule has 16 heavy (non-hydrogen) atoms. The molecule has 94 valence electrons. The highest BCUT2D eigenvalue weighted by molar-refractivity contribution is 5.85. The standard InChI is InChI=1S/C12H25N3O/c1-9(2)12(16)11(15-10(3)4)7-5-6-8-14-13/h9-11,13,15H,5-8H2,1-4H3/t11-/m0/s1. The summed E-state index contributed by atoms with van der Waals surface area (Å²) in [5, 5.41) is 6.63. The number of carbonyl (C=O) groups is 1. The summed E-state index contributed by atoms with van der Waals surface area (Å²) in [5.41, 5.74) is 6.70. The van der Waals surface area contributed by atoms with Gasteiger partial charge in [-0.15, -0.1) is 0 Å². The van der Waals surface area contributed by atoms with Crippen LogP contribution in [0, 0.1) is 11.4 Å². The third-order valence-corrected chi connectivity index (χ3v) is 2.46. The van der Waals surface area contributed by atoms with E-state index < -0.39 is 0 Å². The minimum absolute atomic E-state index is 0.0364. The van der Waals surface area contributed by atoms with E-state index in [2.05, 4.69) is 24.3 Å². The van der Waals surface area contributed by atoms with Gasteiger partial charge in [0.05, 0.1) is 12.6 Å². The highest BCUT2D eigenvalue weighted by Gasteiger charge is 2.20. The van der Waals surface area contributed by atoms with E-state index in [1.165, 1.54) is 0 Å². The number of nitrogens with zero attached hydrogens (tertiary/aromatic N) is 1. The zero-order valence-corrected chi connectivity index (χ0v) is 10.9. The second-order valence-corrected chi connectivity index (χ2v) is 4.81. The van der Waals surface area contributed by atoms with Gasteiger partial charge in [0, 0.05) is 12.0 Å². The molecule has 1 atom stereocenters. The lowest BCUT2D eigenvalue weighted by molar-refractivity contribution is -0.124. The molecule has 0 aromatic carbocycles. The molecule has 0 amide bonds. The molecule has 0 aliphatic rings. The molecule has 4 heteroatoms. The Bertz CT molecular complexity index is 214. The molecule has 0 spiro atoms. The maximum absolute atomic E-state index is 11.9. The third-order valence-electron chi connectivity index (χ3n) is 2.46. The maximum Gasteiger partial charge on any atom is 0.152 e. The second-order valence-electron chi connectivity index (χ2n) is 4.81. The summed E-state index contributed by atoms with van der Waals surface area (Å²) in [7, 11) is 0. The first-order valence-corrected chi connectivity index (χ1v) is 6.12. The van der Waals surface area contributed by atoms with Crippen LogP contribution in [0.5, 0.6) is 0 Å². The molecule has 0 unspecified atom stereocenters. The van der Waals surface area contributed by atoms with Crippen LogP contribution in [0.1, 0.15) is 47.0 Å². The average Bonchev–Trinajstić information content (AvgIpc) is 2.20. The lowest BCUT2D eigenvalue weighted by Gasteiger charge is -2.21. The molecular weight excluding hydrogens is 202 g/mol. The number of unbranched alkanes of at least 4 members (excludes halogenated alkanes) is 1. The summed E-state index contributed by atoms with van der Waals surface area (Å²) in [6.07, 6.45) is 2.70. The van der Waals surface area contributed by atoms with Gasteiger partial charge in [-0.05, 0) is 19.3 Å². The smallest absolute Gasteiger partial charge is 0.152 e. The Morgan fingerprint density at radius 2 is 1.88 bits per heavy atom. The Kier molecular flexibility index (Phi) is 7.99. The quantitative estimate of drug-likeness (QED) is 0.470. The van der Waals surface area contributed by atoms with Crippen LogP contribution in [0.3, 0.4) is 0 Å². The van der Waals surface area contributed by atoms with Crippen molar-refractivity contribution in [1.82, 2.24) is 5.32 Å². The third kappa shape index (κ3) is 6.67. The topological polar surface area (TPSA) is 65.3 Å². The van der Waals surface area contributed by atoms with Crippen molar-refractivity contribution in [2.45, 2.75) is 59.0 Å². The van der Waals surface area contributed by atoms with Crippen LogP contribution in [0.25, 0.3) is 0 Å². The van der Waals surface area contributed by atoms with Gasteiger partial charge in [-0.25, -0.2) is 5.53 Å². The first-order valence-electron chi connectivity index (χ1n) is 6.12. The normalized spacial score (nSPS) is 13.1. The Morgan fingerprint density at radius 3 is 2.31 bits per heavy atom. The highest BCUT2D eigenvalue weighted by atomic mass is 16.1. The van der Waals surface area contributed by atoms with Crippen molar-refractivity contribution in [3.8, 4) is 0 Å². The first-order chi connectivity index (χ1) is 7.49. The van der Waals surface area contributed by atoms with Crippen molar-refractivity contribution in [2.24, 2.45) is 11.0 Å². The second kappa shape index (κ2) is 8.39. The van der Waals surface area contributed by atoms with Gasteiger partial charge in [-0.1, -0.05) is 27.7 Å². The summed E-state index contributed by atoms with van der Waals surface area (Å²) in [6, 6.07) is 0.291. The van der Waals surface area contributed by atoms with Crippen LogP contribution in [0.15, 0.2) is 5.11 Å². The van der Waals surface area contributed by atoms with E-state index in [0.29, 0.717) is 12.6 Å². The van der Waals surface area contributed by atoms with E-state index in [0.717, 1.165) is 19.3 Å². The van der Waals surface area contributed by atoms with E-state index in [1.807, 2.05) is 13.8 Å². The minimum atomic E-state index is -0.0364. The Labute approximate surface area is 98.7 Å². The predicted molar refractivity (Wildman–Crippen MR) is 65.8 cm³/mol. The van der Waals surface area contributed by atoms with Crippen LogP contribution in [0.2, 0.25) is 0 Å². The fourth-order valence-electron chi connectivity index (χ4n) is 1.65. The van der Waals surface area contributed by atoms with Crippen molar-refractivity contribution in [3.05, 3.63) is 0 Å². The summed E-state index contributed by atoms with van der Waals surface area (Å²) in [5.74, 6) is 0.369. The minimum Gasteiger partial charge on any atom is -0.305 e. The van der Waals surface area contributed by atoms with Crippen LogP contribution in [0.4, 0.5) is 0 Å². The summed E-state index contributed by atoms with van der Waals surface area (Å²) >= 11 is 0. The summed E-state index contributed by atoms with van der Waals surface area (Å²) < 4.78 is 0. The lowest BCUT2D eigenvalue weighted by Crippen LogP contribution is -2.42. The zero-order valence-electron chi connectivity index (χ0n) is 10.9. The van der Waals surface area contributed by atoms with Crippen molar-refractivity contribution < 1.29 is 4.79 Å². The maximum atomic E-state index is 11.9. The van der Waals surface area contributed by atoms with E-state index in [-0.39, 0.29) is 17.7 Å². The molecule has 0 saturated heterocycles.